The Hall–Kier alpha value is -1.21. The van der Waals surface area contributed by atoms with Crippen LogP contribution in [0.25, 0.3) is 0 Å². The minimum atomic E-state index is 0. The van der Waals surface area contributed by atoms with Crippen molar-refractivity contribution in [1.29, 1.82) is 0 Å². The first-order chi connectivity index (χ1) is 11.2. The average Bonchev–Trinajstić information content (AvgIpc) is 2.97. The van der Waals surface area contributed by atoms with E-state index in [1.54, 1.807) is 11.8 Å². The van der Waals surface area contributed by atoms with Crippen molar-refractivity contribution in [2.24, 2.45) is 0 Å². The molecule has 0 radical (unpaired) electrons. The number of halogens is 2. The Bertz CT molecular complexity index is 669. The van der Waals surface area contributed by atoms with Crippen LogP contribution < -0.4 is 14.8 Å². The highest BCUT2D eigenvalue weighted by Crippen LogP contribution is 2.32. The number of nitrogens with zero attached hydrogens (tertiary/aromatic N) is 2. The van der Waals surface area contributed by atoms with Crippen LogP contribution in [0.3, 0.4) is 0 Å². The smallest absolute Gasteiger partial charge is 0.231 e. The van der Waals surface area contributed by atoms with Gasteiger partial charge in [-0.2, -0.15) is 0 Å². The summed E-state index contributed by atoms with van der Waals surface area (Å²) in [4.78, 5) is 8.88. The van der Waals surface area contributed by atoms with Crippen LogP contribution in [0.15, 0.2) is 29.4 Å². The molecule has 0 bridgehead atoms. The van der Waals surface area contributed by atoms with Crippen molar-refractivity contribution in [3.8, 4) is 11.5 Å². The van der Waals surface area contributed by atoms with Gasteiger partial charge in [-0.1, -0.05) is 17.8 Å². The SMILES string of the molecule is Cc1cc(C)nc(SCCCNCc2ccc3c(c2)OCO3)n1.Cl.Cl. The largest absolute Gasteiger partial charge is 0.454 e. The highest BCUT2D eigenvalue weighted by atomic mass is 35.5. The summed E-state index contributed by atoms with van der Waals surface area (Å²) >= 11 is 1.71. The number of aromatic nitrogens is 2. The number of hydrogen-bond donors (Lipinski definition) is 1. The summed E-state index contributed by atoms with van der Waals surface area (Å²) in [5.41, 5.74) is 3.27. The van der Waals surface area contributed by atoms with Gasteiger partial charge in [0, 0.05) is 23.7 Å². The first-order valence-corrected chi connectivity index (χ1v) is 8.73. The van der Waals surface area contributed by atoms with E-state index < -0.39 is 0 Å². The third kappa shape index (κ3) is 6.55. The molecular weight excluding hydrogens is 381 g/mol. The molecule has 2 heterocycles. The molecule has 0 amide bonds. The van der Waals surface area contributed by atoms with E-state index in [-0.39, 0.29) is 24.8 Å². The minimum absolute atomic E-state index is 0. The maximum absolute atomic E-state index is 5.38. The van der Waals surface area contributed by atoms with Crippen LogP contribution in [-0.4, -0.2) is 29.1 Å². The third-order valence-corrected chi connectivity index (χ3v) is 4.39. The van der Waals surface area contributed by atoms with Gasteiger partial charge in [0.05, 0.1) is 0 Å². The highest BCUT2D eigenvalue weighted by molar-refractivity contribution is 7.99. The van der Waals surface area contributed by atoms with E-state index in [1.165, 1.54) is 5.56 Å². The second-order valence-corrected chi connectivity index (χ2v) is 6.56. The van der Waals surface area contributed by atoms with E-state index in [1.807, 2.05) is 32.0 Å². The molecule has 25 heavy (non-hydrogen) atoms. The Morgan fingerprint density at radius 3 is 2.52 bits per heavy atom. The highest BCUT2D eigenvalue weighted by Gasteiger charge is 2.12. The number of hydrogen-bond acceptors (Lipinski definition) is 6. The number of ether oxygens (including phenoxy) is 2. The Morgan fingerprint density at radius 1 is 1.04 bits per heavy atom. The van der Waals surface area contributed by atoms with Crippen LogP contribution in [0.4, 0.5) is 0 Å². The standard InChI is InChI=1S/C17H21N3O2S.2ClH/c1-12-8-13(2)20-17(19-12)23-7-3-6-18-10-14-4-5-15-16(9-14)22-11-21-15;;/h4-5,8-9,18H,3,6-7,10-11H2,1-2H3;2*1H. The van der Waals surface area contributed by atoms with Gasteiger partial charge in [0.1, 0.15) is 0 Å². The molecule has 0 aliphatic carbocycles. The van der Waals surface area contributed by atoms with Crippen LogP contribution in [0, 0.1) is 13.8 Å². The molecular formula is C17H23Cl2N3O2S. The van der Waals surface area contributed by atoms with E-state index in [9.17, 15) is 0 Å². The van der Waals surface area contributed by atoms with Gasteiger partial charge in [0.15, 0.2) is 16.7 Å². The van der Waals surface area contributed by atoms with Gasteiger partial charge in [-0.15, -0.1) is 24.8 Å². The molecule has 5 nitrogen and oxygen atoms in total. The number of aryl methyl sites for hydroxylation is 2. The molecule has 0 fully saturated rings. The lowest BCUT2D eigenvalue weighted by molar-refractivity contribution is 0.174. The molecule has 3 rings (SSSR count). The van der Waals surface area contributed by atoms with E-state index in [2.05, 4.69) is 21.4 Å². The first kappa shape index (κ1) is 21.8. The quantitative estimate of drug-likeness (QED) is 0.429. The molecule has 1 aromatic heterocycles. The monoisotopic (exact) mass is 403 g/mol. The fourth-order valence-corrected chi connectivity index (χ4v) is 3.29. The second kappa shape index (κ2) is 10.7. The summed E-state index contributed by atoms with van der Waals surface area (Å²) in [6.45, 7) is 6.13. The number of thioether (sulfide) groups is 1. The van der Waals surface area contributed by atoms with Crippen molar-refractivity contribution in [2.45, 2.75) is 32.0 Å². The first-order valence-electron chi connectivity index (χ1n) is 7.75. The molecule has 0 atom stereocenters. The van der Waals surface area contributed by atoms with Crippen molar-refractivity contribution >= 4 is 36.6 Å². The molecule has 1 N–H and O–H groups in total. The third-order valence-electron chi connectivity index (χ3n) is 3.46. The fourth-order valence-electron chi connectivity index (χ4n) is 2.40. The average molecular weight is 404 g/mol. The number of rotatable bonds is 7. The van der Waals surface area contributed by atoms with Gasteiger partial charge in [-0.3, -0.25) is 0 Å². The summed E-state index contributed by atoms with van der Waals surface area (Å²) in [6.07, 6.45) is 1.07. The lowest BCUT2D eigenvalue weighted by Gasteiger charge is -2.06. The lowest BCUT2D eigenvalue weighted by Crippen LogP contribution is -2.15. The number of fused-ring (bicyclic) bond motifs is 1. The van der Waals surface area contributed by atoms with Crippen LogP contribution in [0.1, 0.15) is 23.4 Å². The maximum Gasteiger partial charge on any atom is 0.231 e. The van der Waals surface area contributed by atoms with Gasteiger partial charge >= 0.3 is 0 Å². The van der Waals surface area contributed by atoms with Gasteiger partial charge in [0.2, 0.25) is 6.79 Å². The van der Waals surface area contributed by atoms with Gasteiger partial charge in [0.25, 0.3) is 0 Å². The van der Waals surface area contributed by atoms with Crippen molar-refractivity contribution in [3.63, 3.8) is 0 Å². The summed E-state index contributed by atoms with van der Waals surface area (Å²) in [6, 6.07) is 8.07. The summed E-state index contributed by atoms with van der Waals surface area (Å²) in [5, 5.41) is 4.32. The van der Waals surface area contributed by atoms with Crippen molar-refractivity contribution in [2.75, 3.05) is 19.1 Å². The zero-order valence-corrected chi connectivity index (χ0v) is 16.7. The Labute approximate surface area is 165 Å². The second-order valence-electron chi connectivity index (χ2n) is 5.50. The van der Waals surface area contributed by atoms with E-state index in [4.69, 9.17) is 9.47 Å². The molecule has 0 saturated carbocycles. The molecule has 1 aliphatic heterocycles. The number of nitrogens with one attached hydrogen (secondary N) is 1. The van der Waals surface area contributed by atoms with E-state index in [0.717, 1.165) is 53.3 Å². The van der Waals surface area contributed by atoms with Crippen LogP contribution in [0.2, 0.25) is 0 Å². The molecule has 1 aliphatic rings. The molecule has 0 unspecified atom stereocenters. The van der Waals surface area contributed by atoms with Crippen molar-refractivity contribution < 1.29 is 9.47 Å². The van der Waals surface area contributed by atoms with Gasteiger partial charge < -0.3 is 14.8 Å². The Balaban J connectivity index is 0.00000156. The summed E-state index contributed by atoms with van der Waals surface area (Å²) in [5.74, 6) is 2.68. The number of benzene rings is 1. The molecule has 0 saturated heterocycles. The Morgan fingerprint density at radius 2 is 1.76 bits per heavy atom. The van der Waals surface area contributed by atoms with Crippen LogP contribution in [0.5, 0.6) is 11.5 Å². The normalized spacial score (nSPS) is 11.6. The predicted octanol–water partition coefficient (Wildman–Crippen LogP) is 3.94. The van der Waals surface area contributed by atoms with Crippen molar-refractivity contribution in [1.82, 2.24) is 15.3 Å². The molecule has 8 heteroatoms. The van der Waals surface area contributed by atoms with Crippen LogP contribution in [-0.2, 0) is 6.54 Å². The fraction of sp³-hybridized carbons (Fsp3) is 0.412. The Kier molecular flexibility index (Phi) is 9.35. The minimum Gasteiger partial charge on any atom is -0.454 e. The summed E-state index contributed by atoms with van der Waals surface area (Å²) in [7, 11) is 0. The summed E-state index contributed by atoms with van der Waals surface area (Å²) < 4.78 is 10.7. The molecule has 1 aromatic carbocycles. The lowest BCUT2D eigenvalue weighted by atomic mass is 10.2. The van der Waals surface area contributed by atoms with Gasteiger partial charge in [-0.25, -0.2) is 9.97 Å². The zero-order valence-electron chi connectivity index (χ0n) is 14.3. The predicted molar refractivity (Wildman–Crippen MR) is 106 cm³/mol. The van der Waals surface area contributed by atoms with E-state index in [0.29, 0.717) is 6.79 Å². The van der Waals surface area contributed by atoms with Crippen molar-refractivity contribution in [3.05, 3.63) is 41.2 Å². The maximum atomic E-state index is 5.38. The molecule has 138 valence electrons. The van der Waals surface area contributed by atoms with Gasteiger partial charge in [-0.05, 0) is 50.6 Å². The molecule has 2 aromatic rings. The van der Waals surface area contributed by atoms with Crippen LogP contribution >= 0.6 is 36.6 Å². The zero-order chi connectivity index (χ0) is 16.1. The van der Waals surface area contributed by atoms with E-state index >= 15 is 0 Å². The topological polar surface area (TPSA) is 56.3 Å². The molecule has 0 spiro atoms.